The Morgan fingerprint density at radius 3 is 2.56 bits per heavy atom. The summed E-state index contributed by atoms with van der Waals surface area (Å²) in [5, 5.41) is 8.86. The minimum atomic E-state index is -1.01. The normalized spacial score (nSPS) is 11.9. The number of aryl methyl sites for hydroxylation is 1. The van der Waals surface area contributed by atoms with Gasteiger partial charge in [0.1, 0.15) is 6.54 Å². The van der Waals surface area contributed by atoms with Crippen LogP contribution >= 0.6 is 0 Å². The molecule has 0 radical (unpaired) electrons. The zero-order chi connectivity index (χ0) is 13.7. The van der Waals surface area contributed by atoms with Gasteiger partial charge in [0.05, 0.1) is 5.56 Å². The summed E-state index contributed by atoms with van der Waals surface area (Å²) in [6.07, 6.45) is 2.19. The van der Waals surface area contributed by atoms with Gasteiger partial charge in [0.2, 0.25) is 0 Å². The van der Waals surface area contributed by atoms with Crippen molar-refractivity contribution in [2.75, 3.05) is 6.54 Å². The molecule has 1 atom stereocenters. The molecule has 1 rings (SSSR count). The fraction of sp³-hybridized carbons (Fsp3) is 0.462. The molecule has 98 valence electrons. The van der Waals surface area contributed by atoms with Crippen molar-refractivity contribution in [1.82, 2.24) is 9.88 Å². The van der Waals surface area contributed by atoms with Crippen molar-refractivity contribution in [2.45, 2.75) is 33.2 Å². The van der Waals surface area contributed by atoms with Crippen LogP contribution in [0.2, 0.25) is 0 Å². The first-order valence-corrected chi connectivity index (χ1v) is 5.91. The molecule has 0 aliphatic heterocycles. The van der Waals surface area contributed by atoms with Gasteiger partial charge in [-0.05, 0) is 32.4 Å². The molecule has 5 heteroatoms. The lowest BCUT2D eigenvalue weighted by Gasteiger charge is -2.26. The van der Waals surface area contributed by atoms with Gasteiger partial charge in [-0.15, -0.1) is 0 Å². The number of carbonyl (C=O) groups excluding carboxylic acids is 1. The molecule has 0 aliphatic carbocycles. The molecule has 1 N–H and O–H groups in total. The number of carbonyl (C=O) groups is 2. The summed E-state index contributed by atoms with van der Waals surface area (Å²) in [5.74, 6) is -1.30. The standard InChI is InChI=1S/C13H18N2O3/c1-4-10(3)15(8-12(16)17)13(18)11-6-5-9(2)14-7-11/h5-7,10H,4,8H2,1-3H3,(H,16,17). The molecule has 0 saturated carbocycles. The quantitative estimate of drug-likeness (QED) is 0.863. The second-order valence-electron chi connectivity index (χ2n) is 4.27. The van der Waals surface area contributed by atoms with Crippen LogP contribution in [0.4, 0.5) is 0 Å². The highest BCUT2D eigenvalue weighted by molar-refractivity contribution is 5.95. The molecule has 0 fully saturated rings. The monoisotopic (exact) mass is 250 g/mol. The van der Waals surface area contributed by atoms with Crippen molar-refractivity contribution in [3.8, 4) is 0 Å². The molecule has 5 nitrogen and oxygen atoms in total. The van der Waals surface area contributed by atoms with E-state index in [1.807, 2.05) is 20.8 Å². The molecule has 18 heavy (non-hydrogen) atoms. The second kappa shape index (κ2) is 6.14. The highest BCUT2D eigenvalue weighted by Crippen LogP contribution is 2.10. The average molecular weight is 250 g/mol. The van der Waals surface area contributed by atoms with Crippen molar-refractivity contribution < 1.29 is 14.7 Å². The zero-order valence-corrected chi connectivity index (χ0v) is 10.9. The minimum absolute atomic E-state index is 0.116. The van der Waals surface area contributed by atoms with Crippen LogP contribution in [0.5, 0.6) is 0 Å². The van der Waals surface area contributed by atoms with Crippen molar-refractivity contribution in [3.63, 3.8) is 0 Å². The highest BCUT2D eigenvalue weighted by atomic mass is 16.4. The van der Waals surface area contributed by atoms with E-state index in [1.165, 1.54) is 11.1 Å². The Labute approximate surface area is 106 Å². The first-order chi connectivity index (χ1) is 8.45. The Balaban J connectivity index is 2.94. The van der Waals surface area contributed by atoms with Gasteiger partial charge in [0, 0.05) is 17.9 Å². The fourth-order valence-corrected chi connectivity index (χ4v) is 1.55. The number of hydrogen-bond donors (Lipinski definition) is 1. The summed E-state index contributed by atoms with van der Waals surface area (Å²) in [4.78, 5) is 28.4. The van der Waals surface area contributed by atoms with Gasteiger partial charge in [-0.3, -0.25) is 14.6 Å². The third-order valence-corrected chi connectivity index (χ3v) is 2.85. The Hall–Kier alpha value is -1.91. The molecule has 0 aromatic carbocycles. The van der Waals surface area contributed by atoms with Gasteiger partial charge in [0.15, 0.2) is 0 Å². The first-order valence-electron chi connectivity index (χ1n) is 5.91. The fourth-order valence-electron chi connectivity index (χ4n) is 1.55. The van der Waals surface area contributed by atoms with Crippen molar-refractivity contribution in [2.24, 2.45) is 0 Å². The van der Waals surface area contributed by atoms with E-state index >= 15 is 0 Å². The van der Waals surface area contributed by atoms with Crippen LogP contribution < -0.4 is 0 Å². The predicted octanol–water partition coefficient (Wildman–Crippen LogP) is 1.72. The molecule has 1 aromatic heterocycles. The first kappa shape index (κ1) is 14.2. The Morgan fingerprint density at radius 1 is 1.44 bits per heavy atom. The molecule has 1 unspecified atom stereocenters. The topological polar surface area (TPSA) is 70.5 Å². The number of aromatic nitrogens is 1. The summed E-state index contributed by atoms with van der Waals surface area (Å²) in [5.41, 5.74) is 1.24. The van der Waals surface area contributed by atoms with Crippen LogP contribution in [-0.4, -0.2) is 39.5 Å². The van der Waals surface area contributed by atoms with Gasteiger partial charge in [-0.25, -0.2) is 0 Å². The lowest BCUT2D eigenvalue weighted by Crippen LogP contribution is -2.41. The Kier molecular flexibility index (Phi) is 4.83. The van der Waals surface area contributed by atoms with E-state index in [0.717, 1.165) is 5.69 Å². The number of pyridine rings is 1. The largest absolute Gasteiger partial charge is 0.480 e. The molecule has 0 aliphatic rings. The van der Waals surface area contributed by atoms with E-state index in [4.69, 9.17) is 5.11 Å². The minimum Gasteiger partial charge on any atom is -0.480 e. The van der Waals surface area contributed by atoms with Crippen molar-refractivity contribution in [1.29, 1.82) is 0 Å². The molecule has 0 spiro atoms. The van der Waals surface area contributed by atoms with E-state index in [9.17, 15) is 9.59 Å². The summed E-state index contributed by atoms with van der Waals surface area (Å²) in [7, 11) is 0. The summed E-state index contributed by atoms with van der Waals surface area (Å²) < 4.78 is 0. The maximum absolute atomic E-state index is 12.2. The maximum atomic E-state index is 12.2. The molecule has 0 saturated heterocycles. The average Bonchev–Trinajstić information content (AvgIpc) is 2.35. The van der Waals surface area contributed by atoms with E-state index in [1.54, 1.807) is 12.1 Å². The number of amides is 1. The van der Waals surface area contributed by atoms with Gasteiger partial charge in [-0.2, -0.15) is 0 Å². The Morgan fingerprint density at radius 2 is 2.11 bits per heavy atom. The summed E-state index contributed by atoms with van der Waals surface area (Å²) in [6.45, 7) is 5.29. The van der Waals surface area contributed by atoms with Crippen LogP contribution in [-0.2, 0) is 4.79 Å². The van der Waals surface area contributed by atoms with E-state index in [-0.39, 0.29) is 18.5 Å². The van der Waals surface area contributed by atoms with E-state index in [2.05, 4.69) is 4.98 Å². The van der Waals surface area contributed by atoms with E-state index < -0.39 is 5.97 Å². The van der Waals surface area contributed by atoms with Gasteiger partial charge in [0.25, 0.3) is 5.91 Å². The van der Waals surface area contributed by atoms with Crippen LogP contribution in [0.15, 0.2) is 18.3 Å². The molecule has 1 heterocycles. The number of nitrogens with zero attached hydrogens (tertiary/aromatic N) is 2. The highest BCUT2D eigenvalue weighted by Gasteiger charge is 2.22. The smallest absolute Gasteiger partial charge is 0.323 e. The number of rotatable bonds is 5. The third-order valence-electron chi connectivity index (χ3n) is 2.85. The molecule has 1 aromatic rings. The van der Waals surface area contributed by atoms with Crippen LogP contribution in [0, 0.1) is 6.92 Å². The summed E-state index contributed by atoms with van der Waals surface area (Å²) >= 11 is 0. The molecular weight excluding hydrogens is 232 g/mol. The van der Waals surface area contributed by atoms with E-state index in [0.29, 0.717) is 12.0 Å². The van der Waals surface area contributed by atoms with Gasteiger partial charge in [-0.1, -0.05) is 6.92 Å². The number of aliphatic carboxylic acids is 1. The van der Waals surface area contributed by atoms with Crippen LogP contribution in [0.3, 0.4) is 0 Å². The number of carboxylic acids is 1. The SMILES string of the molecule is CCC(C)N(CC(=O)O)C(=O)c1ccc(C)nc1. The lowest BCUT2D eigenvalue weighted by atomic mass is 10.1. The number of carboxylic acid groups (broad SMARTS) is 1. The van der Waals surface area contributed by atoms with Crippen molar-refractivity contribution in [3.05, 3.63) is 29.6 Å². The third kappa shape index (κ3) is 3.55. The molecular formula is C13H18N2O3. The van der Waals surface area contributed by atoms with Gasteiger partial charge >= 0.3 is 5.97 Å². The molecule has 0 bridgehead atoms. The van der Waals surface area contributed by atoms with Crippen LogP contribution in [0.25, 0.3) is 0 Å². The molecule has 1 amide bonds. The number of hydrogen-bond acceptors (Lipinski definition) is 3. The predicted molar refractivity (Wildman–Crippen MR) is 67.4 cm³/mol. The van der Waals surface area contributed by atoms with Gasteiger partial charge < -0.3 is 10.0 Å². The second-order valence-corrected chi connectivity index (χ2v) is 4.27. The maximum Gasteiger partial charge on any atom is 0.323 e. The lowest BCUT2D eigenvalue weighted by molar-refractivity contribution is -0.138. The zero-order valence-electron chi connectivity index (χ0n) is 10.9. The van der Waals surface area contributed by atoms with Crippen LogP contribution in [0.1, 0.15) is 36.3 Å². The van der Waals surface area contributed by atoms with Crippen molar-refractivity contribution >= 4 is 11.9 Å². The summed E-state index contributed by atoms with van der Waals surface area (Å²) in [6, 6.07) is 3.29. The Bertz CT molecular complexity index is 428.